The summed E-state index contributed by atoms with van der Waals surface area (Å²) in [5.74, 6) is 1.19. The summed E-state index contributed by atoms with van der Waals surface area (Å²) in [5.41, 5.74) is 2.39. The number of fused-ring (bicyclic) bond motifs is 5. The van der Waals surface area contributed by atoms with Gasteiger partial charge in [0.05, 0.1) is 44.8 Å². The summed E-state index contributed by atoms with van der Waals surface area (Å²) in [6, 6.07) is 15.8. The predicted octanol–water partition coefficient (Wildman–Crippen LogP) is 1.41. The normalized spacial score (nSPS) is 30.9. The molecular weight excluding hydrogens is 390 g/mol. The third-order valence-corrected chi connectivity index (χ3v) is 9.00. The third kappa shape index (κ3) is 3.15. The topological polar surface area (TPSA) is 30.9 Å². The van der Waals surface area contributed by atoms with Gasteiger partial charge in [0, 0.05) is 46.5 Å². The van der Waals surface area contributed by atoms with Crippen LogP contribution in [0.15, 0.2) is 47.3 Å². The number of aromatic nitrogens is 1. The summed E-state index contributed by atoms with van der Waals surface area (Å²) in [6.45, 7) is 6.00. The number of quaternary nitrogens is 2. The van der Waals surface area contributed by atoms with E-state index in [1.807, 2.05) is 4.90 Å². The van der Waals surface area contributed by atoms with E-state index in [1.54, 1.807) is 16.2 Å². The lowest BCUT2D eigenvalue weighted by molar-refractivity contribution is -0.959. The average molecular weight is 422 g/mol. The fourth-order valence-corrected chi connectivity index (χ4v) is 7.33. The Morgan fingerprint density at radius 3 is 2.73 bits per heavy atom. The van der Waals surface area contributed by atoms with Crippen molar-refractivity contribution in [2.75, 3.05) is 33.2 Å². The standard InChI is InChI=1S/C25H29N3OS/c1-26-10-8-20(9-11-26)27-14-17-12-19(16-27)22-7-6-21(25(29)28(22)15-17)24-13-18-4-2-3-5-23(18)30-24/h2-7,13,17,19-20H,8-12,14-16H2,1H3/p+2/t17-,19+/m0/s1. The van der Waals surface area contributed by atoms with Crippen LogP contribution in [0.5, 0.6) is 0 Å². The molecule has 0 aliphatic carbocycles. The van der Waals surface area contributed by atoms with Crippen LogP contribution in [0.25, 0.3) is 20.5 Å². The van der Waals surface area contributed by atoms with Crippen LogP contribution in [0, 0.1) is 5.92 Å². The van der Waals surface area contributed by atoms with Crippen molar-refractivity contribution in [3.8, 4) is 10.4 Å². The highest BCUT2D eigenvalue weighted by Gasteiger charge is 2.41. The van der Waals surface area contributed by atoms with Crippen molar-refractivity contribution >= 4 is 21.4 Å². The molecule has 5 heterocycles. The minimum Gasteiger partial charge on any atom is -0.337 e. The van der Waals surface area contributed by atoms with Gasteiger partial charge in [0.2, 0.25) is 0 Å². The quantitative estimate of drug-likeness (QED) is 0.644. The van der Waals surface area contributed by atoms with Crippen LogP contribution in [0.3, 0.4) is 0 Å². The molecule has 0 spiro atoms. The van der Waals surface area contributed by atoms with Gasteiger partial charge in [-0.1, -0.05) is 18.2 Å². The molecule has 3 atom stereocenters. The van der Waals surface area contributed by atoms with Crippen LogP contribution < -0.4 is 15.4 Å². The largest absolute Gasteiger partial charge is 0.337 e. The summed E-state index contributed by atoms with van der Waals surface area (Å²) >= 11 is 1.74. The van der Waals surface area contributed by atoms with Crippen LogP contribution in [0.1, 0.15) is 30.9 Å². The second kappa shape index (κ2) is 7.33. The number of benzene rings is 1. The van der Waals surface area contributed by atoms with E-state index in [9.17, 15) is 4.79 Å². The molecule has 3 aliphatic rings. The number of nitrogens with one attached hydrogen (secondary N) is 2. The molecule has 5 heteroatoms. The molecule has 2 N–H and O–H groups in total. The molecule has 2 fully saturated rings. The summed E-state index contributed by atoms with van der Waals surface area (Å²) in [4.78, 5) is 18.1. The van der Waals surface area contributed by atoms with Crippen molar-refractivity contribution in [1.29, 1.82) is 0 Å². The van der Waals surface area contributed by atoms with Gasteiger partial charge in [0.15, 0.2) is 0 Å². The molecule has 0 saturated carbocycles. The molecule has 30 heavy (non-hydrogen) atoms. The van der Waals surface area contributed by atoms with Crippen molar-refractivity contribution in [3.63, 3.8) is 0 Å². The lowest BCUT2D eigenvalue weighted by Crippen LogP contribution is -3.21. The van der Waals surface area contributed by atoms with Crippen LogP contribution in [-0.2, 0) is 6.54 Å². The molecule has 2 saturated heterocycles. The van der Waals surface area contributed by atoms with Gasteiger partial charge in [-0.3, -0.25) is 4.79 Å². The molecule has 1 unspecified atom stereocenters. The Hall–Kier alpha value is -1.95. The maximum Gasteiger partial charge on any atom is 0.259 e. The van der Waals surface area contributed by atoms with Gasteiger partial charge in [-0.2, -0.15) is 0 Å². The highest BCUT2D eigenvalue weighted by molar-refractivity contribution is 7.22. The van der Waals surface area contributed by atoms with Crippen molar-refractivity contribution in [1.82, 2.24) is 4.57 Å². The van der Waals surface area contributed by atoms with Gasteiger partial charge >= 0.3 is 0 Å². The first kappa shape index (κ1) is 18.8. The Morgan fingerprint density at radius 2 is 1.90 bits per heavy atom. The van der Waals surface area contributed by atoms with E-state index in [2.05, 4.69) is 54.1 Å². The summed E-state index contributed by atoms with van der Waals surface area (Å²) in [5, 5.41) is 1.23. The van der Waals surface area contributed by atoms with Gasteiger partial charge in [-0.15, -0.1) is 11.3 Å². The highest BCUT2D eigenvalue weighted by atomic mass is 32.1. The Balaban J connectivity index is 1.31. The van der Waals surface area contributed by atoms with Gasteiger partial charge in [0.1, 0.15) is 0 Å². The minimum absolute atomic E-state index is 0.222. The van der Waals surface area contributed by atoms with Crippen LogP contribution in [0.4, 0.5) is 0 Å². The number of likely N-dealkylation sites (tertiary alicyclic amines) is 2. The smallest absolute Gasteiger partial charge is 0.259 e. The second-order valence-corrected chi connectivity index (χ2v) is 10.9. The van der Waals surface area contributed by atoms with E-state index in [1.165, 1.54) is 61.2 Å². The van der Waals surface area contributed by atoms with E-state index in [0.717, 1.165) is 23.0 Å². The lowest BCUT2D eigenvalue weighted by Gasteiger charge is -2.44. The van der Waals surface area contributed by atoms with Crippen molar-refractivity contribution in [2.24, 2.45) is 5.92 Å². The Morgan fingerprint density at radius 1 is 1.07 bits per heavy atom. The maximum atomic E-state index is 13.5. The zero-order chi connectivity index (χ0) is 20.2. The SMILES string of the molecule is C[NH+]1CCC([NH+]2C[C@@H]3C[C@H](C2)c2ccc(-c4cc5ccccc5s4)c(=O)n2C3)CC1. The number of hydrogen-bond acceptors (Lipinski definition) is 2. The predicted molar refractivity (Wildman–Crippen MR) is 123 cm³/mol. The Kier molecular flexibility index (Phi) is 4.59. The Labute approximate surface area is 181 Å². The molecular formula is C25H31N3OS+2. The molecule has 156 valence electrons. The number of pyridine rings is 1. The zero-order valence-electron chi connectivity index (χ0n) is 17.7. The monoisotopic (exact) mass is 421 g/mol. The van der Waals surface area contributed by atoms with E-state index in [4.69, 9.17) is 0 Å². The molecule has 3 aliphatic heterocycles. The Bertz CT molecular complexity index is 1110. The number of rotatable bonds is 2. The molecule has 4 nitrogen and oxygen atoms in total. The van der Waals surface area contributed by atoms with Crippen LogP contribution in [0.2, 0.25) is 0 Å². The van der Waals surface area contributed by atoms with E-state index < -0.39 is 0 Å². The first-order valence-corrected chi connectivity index (χ1v) is 12.4. The van der Waals surface area contributed by atoms with Gasteiger partial charge in [-0.05, 0) is 36.1 Å². The van der Waals surface area contributed by atoms with E-state index >= 15 is 0 Å². The maximum absolute atomic E-state index is 13.5. The van der Waals surface area contributed by atoms with Crippen LogP contribution in [-0.4, -0.2) is 43.8 Å². The fraction of sp³-hybridized carbons (Fsp3) is 0.480. The van der Waals surface area contributed by atoms with Gasteiger partial charge in [0.25, 0.3) is 5.56 Å². The van der Waals surface area contributed by atoms with Gasteiger partial charge < -0.3 is 14.4 Å². The number of nitrogens with zero attached hydrogens (tertiary/aromatic N) is 1. The van der Waals surface area contributed by atoms with Gasteiger partial charge in [-0.25, -0.2) is 0 Å². The fourth-order valence-electron chi connectivity index (χ4n) is 6.25. The first-order chi connectivity index (χ1) is 14.7. The molecule has 0 radical (unpaired) electrons. The molecule has 0 amide bonds. The number of thiophene rings is 1. The molecule has 1 aromatic carbocycles. The van der Waals surface area contributed by atoms with Crippen molar-refractivity contribution in [2.45, 2.75) is 37.8 Å². The zero-order valence-corrected chi connectivity index (χ0v) is 18.5. The highest BCUT2D eigenvalue weighted by Crippen LogP contribution is 2.35. The molecule has 2 bridgehead atoms. The summed E-state index contributed by atoms with van der Waals surface area (Å²) < 4.78 is 3.39. The second-order valence-electron chi connectivity index (χ2n) is 9.83. The van der Waals surface area contributed by atoms with Crippen LogP contribution >= 0.6 is 11.3 Å². The van der Waals surface area contributed by atoms with E-state index in [0.29, 0.717) is 11.8 Å². The molecule has 2 aromatic heterocycles. The summed E-state index contributed by atoms with van der Waals surface area (Å²) in [6.07, 6.45) is 3.99. The molecule has 3 aromatic rings. The number of piperidine rings is 2. The summed E-state index contributed by atoms with van der Waals surface area (Å²) in [7, 11) is 2.33. The average Bonchev–Trinajstić information content (AvgIpc) is 3.19. The lowest BCUT2D eigenvalue weighted by atomic mass is 9.81. The third-order valence-electron chi connectivity index (χ3n) is 7.85. The molecule has 6 rings (SSSR count). The van der Waals surface area contributed by atoms with E-state index in [-0.39, 0.29) is 5.56 Å². The first-order valence-electron chi connectivity index (χ1n) is 11.5. The number of hydrogen-bond donors (Lipinski definition) is 2. The minimum atomic E-state index is 0.222. The van der Waals surface area contributed by atoms with Crippen molar-refractivity contribution in [3.05, 3.63) is 58.5 Å². The van der Waals surface area contributed by atoms with Crippen molar-refractivity contribution < 1.29 is 9.80 Å².